The SMILES string of the molecule is CSc1ncnn2c(C3CC[C@@H](COCc4ccccc4)O3)ccc12. The first-order valence-corrected chi connectivity index (χ1v) is 9.71. The lowest BCUT2D eigenvalue weighted by Gasteiger charge is -2.14. The molecule has 0 N–H and O–H groups in total. The Morgan fingerprint density at radius 1 is 1.20 bits per heavy atom. The maximum absolute atomic E-state index is 6.21. The number of ether oxygens (including phenoxy) is 2. The lowest BCUT2D eigenvalue weighted by atomic mass is 10.1. The number of fused-ring (bicyclic) bond motifs is 1. The van der Waals surface area contributed by atoms with E-state index in [9.17, 15) is 0 Å². The average molecular weight is 355 g/mol. The molecule has 130 valence electrons. The van der Waals surface area contributed by atoms with Gasteiger partial charge in [-0.05, 0) is 36.8 Å². The molecule has 1 aliphatic heterocycles. The number of hydrogen-bond donors (Lipinski definition) is 0. The number of benzene rings is 1. The number of nitrogens with zero attached hydrogens (tertiary/aromatic N) is 3. The zero-order valence-electron chi connectivity index (χ0n) is 14.2. The normalized spacial score (nSPS) is 20.4. The summed E-state index contributed by atoms with van der Waals surface area (Å²) in [5.74, 6) is 0. The van der Waals surface area contributed by atoms with Crippen LogP contribution in [0.3, 0.4) is 0 Å². The molecule has 1 aliphatic rings. The molecule has 4 rings (SSSR count). The Morgan fingerprint density at radius 2 is 2.08 bits per heavy atom. The summed E-state index contributed by atoms with van der Waals surface area (Å²) >= 11 is 1.63. The fraction of sp³-hybridized carbons (Fsp3) is 0.368. The van der Waals surface area contributed by atoms with E-state index in [4.69, 9.17) is 9.47 Å². The van der Waals surface area contributed by atoms with Crippen molar-refractivity contribution in [2.24, 2.45) is 0 Å². The molecule has 6 heteroatoms. The summed E-state index contributed by atoms with van der Waals surface area (Å²) in [4.78, 5) is 4.32. The van der Waals surface area contributed by atoms with Crippen molar-refractivity contribution in [1.82, 2.24) is 14.6 Å². The molecule has 5 nitrogen and oxygen atoms in total. The Morgan fingerprint density at radius 3 is 2.92 bits per heavy atom. The Bertz CT molecular complexity index is 837. The average Bonchev–Trinajstić information content (AvgIpc) is 3.29. The molecule has 0 amide bonds. The van der Waals surface area contributed by atoms with Gasteiger partial charge in [0.2, 0.25) is 0 Å². The summed E-state index contributed by atoms with van der Waals surface area (Å²) in [5.41, 5.74) is 3.33. The third-order valence-corrected chi connectivity index (χ3v) is 5.19. The molecule has 1 fully saturated rings. The van der Waals surface area contributed by atoms with E-state index < -0.39 is 0 Å². The van der Waals surface area contributed by atoms with E-state index >= 15 is 0 Å². The first-order chi connectivity index (χ1) is 12.3. The molecule has 1 aromatic carbocycles. The van der Waals surface area contributed by atoms with Crippen LogP contribution in [-0.2, 0) is 16.1 Å². The van der Waals surface area contributed by atoms with Gasteiger partial charge in [0.1, 0.15) is 17.5 Å². The highest BCUT2D eigenvalue weighted by atomic mass is 32.2. The van der Waals surface area contributed by atoms with Gasteiger partial charge >= 0.3 is 0 Å². The standard InChI is InChI=1S/C19H21N3O2S/c1-25-19-17-9-8-16(22(17)21-13-20-19)18-10-7-15(24-18)12-23-11-14-5-3-2-4-6-14/h2-6,8-9,13,15,18H,7,10-12H2,1H3/t15-,18?/m0/s1. The molecule has 25 heavy (non-hydrogen) atoms. The van der Waals surface area contributed by atoms with Crippen LogP contribution in [0.25, 0.3) is 5.52 Å². The van der Waals surface area contributed by atoms with Crippen molar-refractivity contribution in [3.05, 3.63) is 60.0 Å². The van der Waals surface area contributed by atoms with Gasteiger partial charge in [-0.15, -0.1) is 11.8 Å². The third kappa shape index (κ3) is 3.56. The second-order valence-electron chi connectivity index (χ2n) is 6.15. The molecule has 0 saturated carbocycles. The second kappa shape index (κ2) is 7.56. The number of thioether (sulfide) groups is 1. The maximum atomic E-state index is 6.21. The fourth-order valence-electron chi connectivity index (χ4n) is 3.26. The minimum Gasteiger partial charge on any atom is -0.374 e. The van der Waals surface area contributed by atoms with E-state index in [0.717, 1.165) is 29.1 Å². The fourth-order valence-corrected chi connectivity index (χ4v) is 3.78. The predicted octanol–water partition coefficient (Wildman–Crippen LogP) is 3.89. The van der Waals surface area contributed by atoms with Crippen molar-refractivity contribution >= 4 is 17.3 Å². The Labute approximate surface area is 151 Å². The van der Waals surface area contributed by atoms with E-state index in [1.807, 2.05) is 29.0 Å². The van der Waals surface area contributed by atoms with Crippen molar-refractivity contribution < 1.29 is 9.47 Å². The molecule has 1 unspecified atom stereocenters. The van der Waals surface area contributed by atoms with Gasteiger partial charge in [0.25, 0.3) is 0 Å². The van der Waals surface area contributed by atoms with E-state index in [0.29, 0.717) is 13.2 Å². The molecule has 2 atom stereocenters. The van der Waals surface area contributed by atoms with Crippen LogP contribution in [0.4, 0.5) is 0 Å². The van der Waals surface area contributed by atoms with E-state index in [-0.39, 0.29) is 12.2 Å². The topological polar surface area (TPSA) is 48.7 Å². The summed E-state index contributed by atoms with van der Waals surface area (Å²) in [5, 5.41) is 5.39. The van der Waals surface area contributed by atoms with Gasteiger partial charge < -0.3 is 9.47 Å². The maximum Gasteiger partial charge on any atom is 0.137 e. The van der Waals surface area contributed by atoms with Gasteiger partial charge in [0.15, 0.2) is 0 Å². The summed E-state index contributed by atoms with van der Waals surface area (Å²) in [6.45, 7) is 1.25. The van der Waals surface area contributed by atoms with Gasteiger partial charge in [-0.25, -0.2) is 9.50 Å². The molecule has 1 saturated heterocycles. The first kappa shape index (κ1) is 16.6. The molecule has 0 bridgehead atoms. The molecule has 0 radical (unpaired) electrons. The zero-order chi connectivity index (χ0) is 17.1. The van der Waals surface area contributed by atoms with Crippen LogP contribution in [0.1, 0.15) is 30.2 Å². The summed E-state index contributed by atoms with van der Waals surface area (Å²) in [7, 11) is 0. The van der Waals surface area contributed by atoms with Crippen molar-refractivity contribution in [2.45, 2.75) is 36.7 Å². The zero-order valence-corrected chi connectivity index (χ0v) is 15.0. The highest BCUT2D eigenvalue weighted by Gasteiger charge is 2.29. The monoisotopic (exact) mass is 355 g/mol. The Kier molecular flexibility index (Phi) is 5.01. The third-order valence-electron chi connectivity index (χ3n) is 4.49. The largest absolute Gasteiger partial charge is 0.374 e. The van der Waals surface area contributed by atoms with Gasteiger partial charge in [0.05, 0.1) is 30.5 Å². The molecule has 0 aliphatic carbocycles. The Hall–Kier alpha value is -1.89. The summed E-state index contributed by atoms with van der Waals surface area (Å²) in [6, 6.07) is 14.4. The quantitative estimate of drug-likeness (QED) is 0.628. The number of rotatable bonds is 6. The van der Waals surface area contributed by atoms with E-state index in [1.165, 1.54) is 5.56 Å². The highest BCUT2D eigenvalue weighted by Crippen LogP contribution is 2.34. The Balaban J connectivity index is 1.38. The van der Waals surface area contributed by atoms with Crippen molar-refractivity contribution in [3.8, 4) is 0 Å². The van der Waals surface area contributed by atoms with Gasteiger partial charge in [-0.3, -0.25) is 0 Å². The number of hydrogen-bond acceptors (Lipinski definition) is 5. The van der Waals surface area contributed by atoms with E-state index in [1.54, 1.807) is 18.1 Å². The summed E-state index contributed by atoms with van der Waals surface area (Å²) in [6.07, 6.45) is 5.84. The van der Waals surface area contributed by atoms with Crippen molar-refractivity contribution in [1.29, 1.82) is 0 Å². The minimum atomic E-state index is 0.0671. The van der Waals surface area contributed by atoms with Crippen LogP contribution in [0.5, 0.6) is 0 Å². The minimum absolute atomic E-state index is 0.0671. The molecular formula is C19H21N3O2S. The molecule has 3 heterocycles. The lowest BCUT2D eigenvalue weighted by molar-refractivity contribution is -0.0221. The van der Waals surface area contributed by atoms with Gasteiger partial charge in [-0.1, -0.05) is 30.3 Å². The highest BCUT2D eigenvalue weighted by molar-refractivity contribution is 7.98. The van der Waals surface area contributed by atoms with Crippen LogP contribution in [0.2, 0.25) is 0 Å². The lowest BCUT2D eigenvalue weighted by Crippen LogP contribution is -2.15. The molecule has 0 spiro atoms. The van der Waals surface area contributed by atoms with Gasteiger partial charge in [0, 0.05) is 0 Å². The van der Waals surface area contributed by atoms with Crippen LogP contribution in [0, 0.1) is 0 Å². The van der Waals surface area contributed by atoms with Crippen LogP contribution < -0.4 is 0 Å². The number of aromatic nitrogens is 3. The molecule has 2 aromatic heterocycles. The van der Waals surface area contributed by atoms with Crippen molar-refractivity contribution in [2.75, 3.05) is 12.9 Å². The predicted molar refractivity (Wildman–Crippen MR) is 97.7 cm³/mol. The van der Waals surface area contributed by atoms with Crippen LogP contribution in [0.15, 0.2) is 53.8 Å². The van der Waals surface area contributed by atoms with Crippen LogP contribution >= 0.6 is 11.8 Å². The van der Waals surface area contributed by atoms with Crippen molar-refractivity contribution in [3.63, 3.8) is 0 Å². The van der Waals surface area contributed by atoms with Gasteiger partial charge in [-0.2, -0.15) is 5.10 Å². The summed E-state index contributed by atoms with van der Waals surface area (Å²) < 4.78 is 14.0. The first-order valence-electron chi connectivity index (χ1n) is 8.49. The smallest absolute Gasteiger partial charge is 0.137 e. The molecular weight excluding hydrogens is 334 g/mol. The second-order valence-corrected chi connectivity index (χ2v) is 6.94. The molecule has 3 aromatic rings. The van der Waals surface area contributed by atoms with E-state index in [2.05, 4.69) is 34.3 Å². The van der Waals surface area contributed by atoms with Crippen LogP contribution in [-0.4, -0.2) is 33.6 Å².